The molecule has 1 aliphatic carbocycles. The second kappa shape index (κ2) is 9.77. The highest BCUT2D eigenvalue weighted by Gasteiger charge is 2.19. The van der Waals surface area contributed by atoms with Crippen LogP contribution in [0.2, 0.25) is 0 Å². The van der Waals surface area contributed by atoms with Gasteiger partial charge >= 0.3 is 0 Å². The molecule has 140 valence electrons. The number of nitrogens with zero attached hydrogens (tertiary/aromatic N) is 1. The first-order valence-corrected chi connectivity index (χ1v) is 10.6. The molecule has 0 aromatic heterocycles. The van der Waals surface area contributed by atoms with Crippen LogP contribution in [0.1, 0.15) is 39.5 Å². The van der Waals surface area contributed by atoms with Gasteiger partial charge in [-0.1, -0.05) is 25.1 Å². The van der Waals surface area contributed by atoms with Crippen LogP contribution in [0.5, 0.6) is 0 Å². The molecule has 1 aromatic carbocycles. The van der Waals surface area contributed by atoms with Gasteiger partial charge in [0, 0.05) is 19.1 Å². The van der Waals surface area contributed by atoms with Crippen molar-refractivity contribution in [2.75, 3.05) is 19.6 Å². The minimum atomic E-state index is -3.46. The standard InChI is InChI=1S/C18H30N4O2S/c1-3-19-18(22-16-11-9-15(2)10-12-16)20-13-14-21-25(23,24)17-7-5-4-6-8-17/h4-8,15-16,21H,3,9-14H2,1-2H3,(H2,19,20,22). The number of guanidine groups is 1. The van der Waals surface area contributed by atoms with Gasteiger partial charge in [-0.25, -0.2) is 13.1 Å². The lowest BCUT2D eigenvalue weighted by atomic mass is 9.87. The summed E-state index contributed by atoms with van der Waals surface area (Å²) >= 11 is 0. The average Bonchev–Trinajstić information content (AvgIpc) is 2.61. The third-order valence-corrected chi connectivity index (χ3v) is 5.91. The van der Waals surface area contributed by atoms with Crippen molar-refractivity contribution in [1.82, 2.24) is 15.4 Å². The molecule has 0 spiro atoms. The van der Waals surface area contributed by atoms with Crippen LogP contribution in [0.25, 0.3) is 0 Å². The van der Waals surface area contributed by atoms with Gasteiger partial charge in [0.1, 0.15) is 0 Å². The van der Waals surface area contributed by atoms with E-state index in [0.717, 1.165) is 31.3 Å². The predicted molar refractivity (Wildman–Crippen MR) is 102 cm³/mol. The fraction of sp³-hybridized carbons (Fsp3) is 0.611. The van der Waals surface area contributed by atoms with E-state index in [-0.39, 0.29) is 11.4 Å². The smallest absolute Gasteiger partial charge is 0.240 e. The lowest BCUT2D eigenvalue weighted by molar-refractivity contribution is 0.329. The van der Waals surface area contributed by atoms with Gasteiger partial charge in [-0.05, 0) is 50.7 Å². The summed E-state index contributed by atoms with van der Waals surface area (Å²) in [5.74, 6) is 1.57. The van der Waals surface area contributed by atoms with Crippen molar-refractivity contribution >= 4 is 16.0 Å². The molecule has 1 saturated carbocycles. The zero-order chi connectivity index (χ0) is 18.1. The fourth-order valence-corrected chi connectivity index (χ4v) is 3.99. The van der Waals surface area contributed by atoms with Crippen LogP contribution in [0.3, 0.4) is 0 Å². The molecule has 3 N–H and O–H groups in total. The lowest BCUT2D eigenvalue weighted by Gasteiger charge is -2.28. The van der Waals surface area contributed by atoms with Crippen molar-refractivity contribution in [3.05, 3.63) is 30.3 Å². The van der Waals surface area contributed by atoms with E-state index < -0.39 is 10.0 Å². The maximum Gasteiger partial charge on any atom is 0.240 e. The number of benzene rings is 1. The second-order valence-corrected chi connectivity index (χ2v) is 8.34. The molecule has 2 rings (SSSR count). The van der Waals surface area contributed by atoms with Gasteiger partial charge in [0.25, 0.3) is 0 Å². The van der Waals surface area contributed by atoms with Gasteiger partial charge in [0.05, 0.1) is 11.4 Å². The molecule has 0 heterocycles. The van der Waals surface area contributed by atoms with Crippen molar-refractivity contribution in [3.63, 3.8) is 0 Å². The normalized spacial score (nSPS) is 21.8. The van der Waals surface area contributed by atoms with Crippen molar-refractivity contribution in [1.29, 1.82) is 0 Å². The van der Waals surface area contributed by atoms with Crippen LogP contribution in [-0.4, -0.2) is 40.1 Å². The van der Waals surface area contributed by atoms with Crippen LogP contribution in [0.4, 0.5) is 0 Å². The third kappa shape index (κ3) is 6.66. The SMILES string of the molecule is CCNC(=NCCNS(=O)(=O)c1ccccc1)NC1CCC(C)CC1. The molecule has 0 saturated heterocycles. The van der Waals surface area contributed by atoms with E-state index in [2.05, 4.69) is 27.3 Å². The maximum atomic E-state index is 12.2. The zero-order valence-electron chi connectivity index (χ0n) is 15.2. The van der Waals surface area contributed by atoms with Crippen LogP contribution < -0.4 is 15.4 Å². The van der Waals surface area contributed by atoms with Gasteiger partial charge in [0.2, 0.25) is 10.0 Å². The molecular weight excluding hydrogens is 336 g/mol. The molecule has 0 unspecified atom stereocenters. The molecule has 1 aliphatic rings. The van der Waals surface area contributed by atoms with E-state index in [0.29, 0.717) is 12.6 Å². The van der Waals surface area contributed by atoms with E-state index in [1.165, 1.54) is 12.8 Å². The summed E-state index contributed by atoms with van der Waals surface area (Å²) < 4.78 is 26.9. The van der Waals surface area contributed by atoms with Crippen LogP contribution >= 0.6 is 0 Å². The highest BCUT2D eigenvalue weighted by molar-refractivity contribution is 7.89. The van der Waals surface area contributed by atoms with Crippen molar-refractivity contribution in [2.24, 2.45) is 10.9 Å². The quantitative estimate of drug-likeness (QED) is 0.392. The molecule has 1 fully saturated rings. The minimum Gasteiger partial charge on any atom is -0.357 e. The Morgan fingerprint density at radius 2 is 1.84 bits per heavy atom. The molecule has 7 heteroatoms. The summed E-state index contributed by atoms with van der Waals surface area (Å²) in [6.45, 7) is 5.78. The first kappa shape index (κ1) is 19.7. The van der Waals surface area contributed by atoms with E-state index in [1.807, 2.05) is 6.92 Å². The molecular formula is C18H30N4O2S. The number of hydrogen-bond acceptors (Lipinski definition) is 3. The molecule has 0 aliphatic heterocycles. The van der Waals surface area contributed by atoms with Gasteiger partial charge < -0.3 is 10.6 Å². The lowest BCUT2D eigenvalue weighted by Crippen LogP contribution is -2.45. The molecule has 0 amide bonds. The van der Waals surface area contributed by atoms with Gasteiger partial charge in [-0.15, -0.1) is 0 Å². The Bertz CT molecular complexity index is 638. The van der Waals surface area contributed by atoms with Gasteiger partial charge in [-0.3, -0.25) is 4.99 Å². The molecule has 1 aromatic rings. The topological polar surface area (TPSA) is 82.6 Å². The van der Waals surface area contributed by atoms with E-state index >= 15 is 0 Å². The van der Waals surface area contributed by atoms with Crippen LogP contribution in [0, 0.1) is 5.92 Å². The van der Waals surface area contributed by atoms with Crippen LogP contribution in [-0.2, 0) is 10.0 Å². The maximum absolute atomic E-state index is 12.2. The summed E-state index contributed by atoms with van der Waals surface area (Å²) in [4.78, 5) is 4.77. The molecule has 25 heavy (non-hydrogen) atoms. The Balaban J connectivity index is 1.82. The Hall–Kier alpha value is -1.60. The Kier molecular flexibility index (Phi) is 7.71. The summed E-state index contributed by atoms with van der Waals surface area (Å²) in [7, 11) is -3.46. The van der Waals surface area contributed by atoms with Gasteiger partial charge in [0.15, 0.2) is 5.96 Å². The zero-order valence-corrected chi connectivity index (χ0v) is 16.0. The summed E-state index contributed by atoms with van der Waals surface area (Å²) in [5, 5.41) is 6.70. The van der Waals surface area contributed by atoms with E-state index in [9.17, 15) is 8.42 Å². The molecule has 0 radical (unpaired) electrons. The van der Waals surface area contributed by atoms with Crippen LogP contribution in [0.15, 0.2) is 40.2 Å². The summed E-state index contributed by atoms with van der Waals surface area (Å²) in [5.41, 5.74) is 0. The third-order valence-electron chi connectivity index (χ3n) is 4.43. The number of aliphatic imine (C=N–C) groups is 1. The number of nitrogens with one attached hydrogen (secondary N) is 3. The highest BCUT2D eigenvalue weighted by Crippen LogP contribution is 2.23. The largest absolute Gasteiger partial charge is 0.357 e. The molecule has 6 nitrogen and oxygen atoms in total. The average molecular weight is 367 g/mol. The summed E-state index contributed by atoms with van der Waals surface area (Å²) in [6, 6.07) is 8.84. The molecule has 0 atom stereocenters. The van der Waals surface area contributed by atoms with Crippen molar-refractivity contribution < 1.29 is 8.42 Å². The van der Waals surface area contributed by atoms with E-state index in [1.54, 1.807) is 30.3 Å². The van der Waals surface area contributed by atoms with Crippen molar-refractivity contribution in [3.8, 4) is 0 Å². The first-order valence-electron chi connectivity index (χ1n) is 9.11. The predicted octanol–water partition coefficient (Wildman–Crippen LogP) is 2.10. The summed E-state index contributed by atoms with van der Waals surface area (Å²) in [6.07, 6.45) is 4.81. The number of rotatable bonds is 7. The first-order chi connectivity index (χ1) is 12.0. The Morgan fingerprint density at radius 1 is 1.16 bits per heavy atom. The Morgan fingerprint density at radius 3 is 2.48 bits per heavy atom. The number of hydrogen-bond donors (Lipinski definition) is 3. The highest BCUT2D eigenvalue weighted by atomic mass is 32.2. The monoisotopic (exact) mass is 366 g/mol. The number of sulfonamides is 1. The molecule has 0 bridgehead atoms. The second-order valence-electron chi connectivity index (χ2n) is 6.57. The van der Waals surface area contributed by atoms with E-state index in [4.69, 9.17) is 0 Å². The minimum absolute atomic E-state index is 0.273. The Labute approximate surface area is 151 Å². The van der Waals surface area contributed by atoms with Crippen molar-refractivity contribution in [2.45, 2.75) is 50.5 Å². The van der Waals surface area contributed by atoms with Gasteiger partial charge in [-0.2, -0.15) is 0 Å². The fourth-order valence-electron chi connectivity index (χ4n) is 2.95.